The molecule has 0 aliphatic heterocycles. The van der Waals surface area contributed by atoms with E-state index in [9.17, 15) is 0 Å². The first-order valence-electron chi connectivity index (χ1n) is 10.5. The van der Waals surface area contributed by atoms with Crippen LogP contribution in [-0.4, -0.2) is 25.1 Å². The van der Waals surface area contributed by atoms with Gasteiger partial charge in [-0.2, -0.15) is 0 Å². The van der Waals surface area contributed by atoms with Crippen LogP contribution in [0, 0.1) is 0 Å². The summed E-state index contributed by atoms with van der Waals surface area (Å²) in [6.07, 6.45) is 15.4. The molecule has 0 saturated heterocycles. The zero-order valence-corrected chi connectivity index (χ0v) is 16.9. The lowest BCUT2D eigenvalue weighted by Gasteiger charge is -2.30. The summed E-state index contributed by atoms with van der Waals surface area (Å²) >= 11 is 0. The van der Waals surface area contributed by atoms with Gasteiger partial charge in [-0.25, -0.2) is 0 Å². The minimum atomic E-state index is 1.12. The summed E-state index contributed by atoms with van der Waals surface area (Å²) in [5.41, 5.74) is 3.06. The van der Waals surface area contributed by atoms with E-state index in [1.807, 2.05) is 0 Å². The zero-order valence-electron chi connectivity index (χ0n) is 16.9. The summed E-state index contributed by atoms with van der Waals surface area (Å²) in [7, 11) is 4.78. The fourth-order valence-electron chi connectivity index (χ4n) is 3.62. The van der Waals surface area contributed by atoms with Crippen LogP contribution in [0.4, 0.5) is 0 Å². The van der Waals surface area contributed by atoms with E-state index in [1.165, 1.54) is 88.4 Å². The molecule has 0 fully saturated rings. The van der Waals surface area contributed by atoms with Gasteiger partial charge in [0.15, 0.2) is 0 Å². The molecule has 0 unspecified atom stereocenters. The van der Waals surface area contributed by atoms with Crippen molar-refractivity contribution in [2.75, 3.05) is 20.6 Å². The summed E-state index contributed by atoms with van der Waals surface area (Å²) in [6, 6.07) is 8.97. The number of quaternary nitrogens is 1. The lowest BCUT2D eigenvalue weighted by Crippen LogP contribution is -2.39. The van der Waals surface area contributed by atoms with Gasteiger partial charge < -0.3 is 4.48 Å². The van der Waals surface area contributed by atoms with Crippen molar-refractivity contribution < 1.29 is 4.48 Å². The Morgan fingerprint density at radius 1 is 0.667 bits per heavy atom. The predicted octanol–water partition coefficient (Wildman–Crippen LogP) is 6.75. The van der Waals surface area contributed by atoms with E-state index in [4.69, 9.17) is 0 Å². The lowest BCUT2D eigenvalue weighted by molar-refractivity contribution is -0.903. The quantitative estimate of drug-likeness (QED) is 0.261. The molecule has 24 heavy (non-hydrogen) atoms. The van der Waals surface area contributed by atoms with Crippen molar-refractivity contribution in [1.82, 2.24) is 0 Å². The molecular weight excluding hydrogens is 290 g/mol. The topological polar surface area (TPSA) is 0 Å². The van der Waals surface area contributed by atoms with Crippen LogP contribution in [0.1, 0.15) is 89.2 Å². The molecule has 0 bridgehead atoms. The molecule has 0 aliphatic rings. The van der Waals surface area contributed by atoms with Crippen LogP contribution >= 0.6 is 0 Å². The van der Waals surface area contributed by atoms with Crippen molar-refractivity contribution in [2.45, 2.75) is 91.0 Å². The summed E-state index contributed by atoms with van der Waals surface area (Å²) in [5, 5.41) is 0. The summed E-state index contributed by atoms with van der Waals surface area (Å²) in [5.74, 6) is 0. The first-order valence-corrected chi connectivity index (χ1v) is 10.5. The number of benzene rings is 1. The van der Waals surface area contributed by atoms with Crippen molar-refractivity contribution in [1.29, 1.82) is 0 Å². The monoisotopic (exact) mass is 332 g/mol. The van der Waals surface area contributed by atoms with Gasteiger partial charge >= 0.3 is 0 Å². The maximum atomic E-state index is 2.39. The van der Waals surface area contributed by atoms with Gasteiger partial charge in [-0.15, -0.1) is 0 Å². The van der Waals surface area contributed by atoms with Gasteiger partial charge in [0.25, 0.3) is 0 Å². The van der Waals surface area contributed by atoms with Crippen LogP contribution in [0.25, 0.3) is 0 Å². The van der Waals surface area contributed by atoms with Crippen LogP contribution in [-0.2, 0) is 13.0 Å². The van der Waals surface area contributed by atoms with Gasteiger partial charge in [0.2, 0.25) is 0 Å². The molecule has 0 atom stereocenters. The highest BCUT2D eigenvalue weighted by molar-refractivity contribution is 5.26. The highest BCUT2D eigenvalue weighted by atomic mass is 15.3. The van der Waals surface area contributed by atoms with E-state index in [0.29, 0.717) is 0 Å². The molecule has 0 spiro atoms. The minimum absolute atomic E-state index is 1.12. The van der Waals surface area contributed by atoms with Crippen molar-refractivity contribution >= 4 is 0 Å². The molecule has 0 amide bonds. The Morgan fingerprint density at radius 2 is 1.17 bits per heavy atom. The second-order valence-corrected chi connectivity index (χ2v) is 8.12. The molecule has 0 saturated carbocycles. The second-order valence-electron chi connectivity index (χ2n) is 8.12. The van der Waals surface area contributed by atoms with Crippen molar-refractivity contribution in [3.8, 4) is 0 Å². The van der Waals surface area contributed by atoms with E-state index < -0.39 is 0 Å². The van der Waals surface area contributed by atoms with E-state index in [1.54, 1.807) is 0 Å². The fraction of sp³-hybridized carbons (Fsp3) is 0.739. The normalized spacial score (nSPS) is 11.8. The van der Waals surface area contributed by atoms with Crippen LogP contribution in [0.5, 0.6) is 0 Å². The number of rotatable bonds is 14. The van der Waals surface area contributed by atoms with Crippen LogP contribution in [0.3, 0.4) is 0 Å². The zero-order chi connectivity index (χ0) is 17.7. The van der Waals surface area contributed by atoms with Gasteiger partial charge in [0.05, 0.1) is 20.6 Å². The highest BCUT2D eigenvalue weighted by Crippen LogP contribution is 2.17. The second kappa shape index (κ2) is 12.5. The molecule has 138 valence electrons. The first-order chi connectivity index (χ1) is 11.6. The Morgan fingerprint density at radius 3 is 1.71 bits per heavy atom. The summed E-state index contributed by atoms with van der Waals surface area (Å²) < 4.78 is 1.12. The smallest absolute Gasteiger partial charge is 0.104 e. The number of hydrogen-bond acceptors (Lipinski definition) is 0. The van der Waals surface area contributed by atoms with Crippen LogP contribution in [0.15, 0.2) is 24.3 Å². The standard InChI is InChI=1S/C23H42N/c1-5-7-8-9-10-11-12-13-14-17-20-24(3,4)21-23-19-16-15-18-22(23)6-2/h15-16,18-19H,5-14,17,20-21H2,1-4H3/q+1. The third-order valence-corrected chi connectivity index (χ3v) is 5.21. The molecule has 0 radical (unpaired) electrons. The third kappa shape index (κ3) is 9.47. The Bertz CT molecular complexity index is 422. The molecular formula is C23H42N+. The largest absolute Gasteiger partial charge is 0.325 e. The molecule has 1 aromatic carbocycles. The average molecular weight is 333 g/mol. The minimum Gasteiger partial charge on any atom is -0.325 e. The Kier molecular flexibility index (Phi) is 11.1. The first kappa shape index (κ1) is 21.2. The van der Waals surface area contributed by atoms with Gasteiger partial charge in [-0.05, 0) is 24.8 Å². The third-order valence-electron chi connectivity index (χ3n) is 5.21. The van der Waals surface area contributed by atoms with Gasteiger partial charge in [0.1, 0.15) is 6.54 Å². The molecule has 0 aromatic heterocycles. The Labute approximate surface area is 152 Å². The molecule has 0 heterocycles. The maximum Gasteiger partial charge on any atom is 0.104 e. The highest BCUT2D eigenvalue weighted by Gasteiger charge is 2.16. The molecule has 1 nitrogen and oxygen atoms in total. The maximum absolute atomic E-state index is 2.39. The van der Waals surface area contributed by atoms with Gasteiger partial charge in [0, 0.05) is 5.56 Å². The van der Waals surface area contributed by atoms with E-state index in [0.717, 1.165) is 10.9 Å². The number of aryl methyl sites for hydroxylation is 1. The summed E-state index contributed by atoms with van der Waals surface area (Å²) in [4.78, 5) is 0. The van der Waals surface area contributed by atoms with Crippen LogP contribution < -0.4 is 0 Å². The van der Waals surface area contributed by atoms with Gasteiger partial charge in [-0.1, -0.05) is 89.5 Å². The molecule has 0 aliphatic carbocycles. The van der Waals surface area contributed by atoms with Crippen molar-refractivity contribution in [3.05, 3.63) is 35.4 Å². The van der Waals surface area contributed by atoms with E-state index in [-0.39, 0.29) is 0 Å². The SMILES string of the molecule is CCCCCCCCCCCC[N+](C)(C)Cc1ccccc1CC. The molecule has 1 rings (SSSR count). The molecule has 1 aromatic rings. The Balaban J connectivity index is 2.13. The van der Waals surface area contributed by atoms with Crippen LogP contribution in [0.2, 0.25) is 0 Å². The lowest BCUT2D eigenvalue weighted by atomic mass is 10.0. The molecule has 0 N–H and O–H groups in total. The number of unbranched alkanes of at least 4 members (excludes halogenated alkanes) is 9. The fourth-order valence-corrected chi connectivity index (χ4v) is 3.62. The predicted molar refractivity (Wildman–Crippen MR) is 108 cm³/mol. The molecule has 1 heteroatoms. The van der Waals surface area contributed by atoms with E-state index in [2.05, 4.69) is 52.2 Å². The average Bonchev–Trinajstić information content (AvgIpc) is 2.56. The number of nitrogens with zero attached hydrogens (tertiary/aromatic N) is 1. The Hall–Kier alpha value is -0.820. The van der Waals surface area contributed by atoms with Crippen molar-refractivity contribution in [3.63, 3.8) is 0 Å². The van der Waals surface area contributed by atoms with Gasteiger partial charge in [-0.3, -0.25) is 0 Å². The van der Waals surface area contributed by atoms with Crippen molar-refractivity contribution in [2.24, 2.45) is 0 Å². The van der Waals surface area contributed by atoms with E-state index >= 15 is 0 Å². The number of hydrogen-bond donors (Lipinski definition) is 0. The summed E-state index contributed by atoms with van der Waals surface area (Å²) in [6.45, 7) is 7.03.